The highest BCUT2D eigenvalue weighted by atomic mass is 19.1. The van der Waals surface area contributed by atoms with Gasteiger partial charge in [-0.2, -0.15) is 0 Å². The van der Waals surface area contributed by atoms with Crippen LogP contribution in [-0.2, 0) is 9.53 Å². The summed E-state index contributed by atoms with van der Waals surface area (Å²) in [5, 5.41) is 20.8. The largest absolute Gasteiger partial charge is 0.488 e. The van der Waals surface area contributed by atoms with Crippen molar-refractivity contribution in [2.24, 2.45) is 5.92 Å². The number of carbonyl (C=O) groups excluding carboxylic acids is 2. The molecule has 9 heteroatoms. The van der Waals surface area contributed by atoms with Crippen LogP contribution < -0.4 is 10.8 Å². The second kappa shape index (κ2) is 8.05. The van der Waals surface area contributed by atoms with Crippen LogP contribution in [0.5, 0.6) is 0 Å². The summed E-state index contributed by atoms with van der Waals surface area (Å²) >= 11 is 0. The fourth-order valence-electron chi connectivity index (χ4n) is 2.72. The Morgan fingerprint density at radius 3 is 2.65 bits per heavy atom. The van der Waals surface area contributed by atoms with E-state index < -0.39 is 36.5 Å². The second-order valence-corrected chi connectivity index (χ2v) is 7.37. The van der Waals surface area contributed by atoms with Gasteiger partial charge in [0.1, 0.15) is 11.4 Å². The van der Waals surface area contributed by atoms with Crippen LogP contribution >= 0.6 is 0 Å². The zero-order chi connectivity index (χ0) is 19.5. The summed E-state index contributed by atoms with van der Waals surface area (Å²) in [5.41, 5.74) is -0.684. The van der Waals surface area contributed by atoms with E-state index in [1.54, 1.807) is 20.8 Å². The van der Waals surface area contributed by atoms with Crippen LogP contribution in [0.25, 0.3) is 0 Å². The number of amides is 2. The fraction of sp³-hybridized carbons (Fsp3) is 0.529. The highest BCUT2D eigenvalue weighted by Crippen LogP contribution is 2.21. The lowest BCUT2D eigenvalue weighted by molar-refractivity contribution is -0.121. The van der Waals surface area contributed by atoms with E-state index in [9.17, 15) is 24.0 Å². The SMILES string of the molecule is CC(C)(C)OC(=O)N1CCC[C@@H](C(=O)Nc2cc(B(O)O)ccc2F)C1. The Bertz CT molecular complexity index is 678. The Balaban J connectivity index is 2.03. The minimum atomic E-state index is -1.76. The predicted molar refractivity (Wildman–Crippen MR) is 95.4 cm³/mol. The molecule has 1 heterocycles. The van der Waals surface area contributed by atoms with Gasteiger partial charge < -0.3 is 25.0 Å². The maximum absolute atomic E-state index is 13.9. The van der Waals surface area contributed by atoms with Crippen molar-refractivity contribution in [2.75, 3.05) is 18.4 Å². The van der Waals surface area contributed by atoms with Crippen molar-refractivity contribution in [3.63, 3.8) is 0 Å². The molecule has 1 aromatic rings. The van der Waals surface area contributed by atoms with Gasteiger partial charge in [-0.15, -0.1) is 0 Å². The number of halogens is 1. The summed E-state index contributed by atoms with van der Waals surface area (Å²) < 4.78 is 19.2. The third-order valence-corrected chi connectivity index (χ3v) is 3.99. The molecule has 1 aliphatic rings. The minimum absolute atomic E-state index is 0.0701. The lowest BCUT2D eigenvalue weighted by atomic mass is 9.80. The molecule has 3 N–H and O–H groups in total. The zero-order valence-corrected chi connectivity index (χ0v) is 15.2. The summed E-state index contributed by atoms with van der Waals surface area (Å²) in [7, 11) is -1.76. The number of anilines is 1. The number of carbonyl (C=O) groups is 2. The van der Waals surface area contributed by atoms with Gasteiger partial charge in [0, 0.05) is 13.1 Å². The van der Waals surface area contributed by atoms with Gasteiger partial charge >= 0.3 is 13.2 Å². The molecular weight excluding hydrogens is 342 g/mol. The molecule has 1 fully saturated rings. The summed E-state index contributed by atoms with van der Waals surface area (Å²) in [6.07, 6.45) is 0.719. The van der Waals surface area contributed by atoms with Crippen LogP contribution in [0.2, 0.25) is 0 Å². The molecule has 2 rings (SSSR count). The number of ether oxygens (including phenoxy) is 1. The van der Waals surface area contributed by atoms with E-state index in [-0.39, 0.29) is 17.7 Å². The molecule has 0 saturated carbocycles. The monoisotopic (exact) mass is 366 g/mol. The molecule has 142 valence electrons. The Labute approximate surface area is 152 Å². The molecule has 1 saturated heterocycles. The van der Waals surface area contributed by atoms with Gasteiger partial charge in [0.05, 0.1) is 11.6 Å². The average molecular weight is 366 g/mol. The number of hydrogen-bond donors (Lipinski definition) is 3. The number of benzene rings is 1. The zero-order valence-electron chi connectivity index (χ0n) is 15.2. The predicted octanol–water partition coefficient (Wildman–Crippen LogP) is 1.09. The molecule has 0 spiro atoms. The average Bonchev–Trinajstić information content (AvgIpc) is 2.55. The quantitative estimate of drug-likeness (QED) is 0.696. The fourth-order valence-corrected chi connectivity index (χ4v) is 2.72. The van der Waals surface area contributed by atoms with Crippen molar-refractivity contribution < 1.29 is 28.8 Å². The van der Waals surface area contributed by atoms with Crippen molar-refractivity contribution in [2.45, 2.75) is 39.2 Å². The molecule has 1 atom stereocenters. The molecule has 2 amide bonds. The standard InChI is InChI=1S/C17H24BFN2O5/c1-17(2,3)26-16(23)21-8-4-5-11(10-21)15(22)20-14-9-12(18(24)25)6-7-13(14)19/h6-7,9,11,24-25H,4-5,8,10H2,1-3H3,(H,20,22)/t11-/m1/s1. The second-order valence-electron chi connectivity index (χ2n) is 7.37. The van der Waals surface area contributed by atoms with Gasteiger partial charge in [-0.3, -0.25) is 4.79 Å². The third-order valence-electron chi connectivity index (χ3n) is 3.99. The van der Waals surface area contributed by atoms with E-state index in [4.69, 9.17) is 4.74 Å². The Hall–Kier alpha value is -2.13. The first-order valence-corrected chi connectivity index (χ1v) is 8.51. The van der Waals surface area contributed by atoms with E-state index in [0.717, 1.165) is 6.07 Å². The highest BCUT2D eigenvalue weighted by molar-refractivity contribution is 6.58. The topological polar surface area (TPSA) is 99.1 Å². The first kappa shape index (κ1) is 20.2. The summed E-state index contributed by atoms with van der Waals surface area (Å²) in [5.74, 6) is -1.61. The summed E-state index contributed by atoms with van der Waals surface area (Å²) in [6.45, 7) is 5.99. The minimum Gasteiger partial charge on any atom is -0.444 e. The van der Waals surface area contributed by atoms with Crippen molar-refractivity contribution in [1.29, 1.82) is 0 Å². The van der Waals surface area contributed by atoms with Crippen LogP contribution in [0.1, 0.15) is 33.6 Å². The lowest BCUT2D eigenvalue weighted by Crippen LogP contribution is -2.45. The van der Waals surface area contributed by atoms with E-state index in [1.165, 1.54) is 17.0 Å². The van der Waals surface area contributed by atoms with Gasteiger partial charge in [0.2, 0.25) is 5.91 Å². The molecule has 26 heavy (non-hydrogen) atoms. The van der Waals surface area contributed by atoms with Crippen LogP contribution in [-0.4, -0.2) is 52.8 Å². The number of rotatable bonds is 3. The number of nitrogens with one attached hydrogen (secondary N) is 1. The normalized spacial score (nSPS) is 17.6. The van der Waals surface area contributed by atoms with Crippen LogP contribution in [0.15, 0.2) is 18.2 Å². The van der Waals surface area contributed by atoms with E-state index in [0.29, 0.717) is 19.4 Å². The third kappa shape index (κ3) is 5.44. The van der Waals surface area contributed by atoms with Crippen LogP contribution in [0.3, 0.4) is 0 Å². The number of nitrogens with zero attached hydrogens (tertiary/aromatic N) is 1. The summed E-state index contributed by atoms with van der Waals surface area (Å²) in [4.78, 5) is 26.1. The smallest absolute Gasteiger partial charge is 0.444 e. The van der Waals surface area contributed by atoms with Gasteiger partial charge in [-0.25, -0.2) is 9.18 Å². The Morgan fingerprint density at radius 1 is 1.35 bits per heavy atom. The maximum atomic E-state index is 13.9. The molecule has 0 bridgehead atoms. The maximum Gasteiger partial charge on any atom is 0.488 e. The number of piperidine rings is 1. The molecule has 0 aromatic heterocycles. The van der Waals surface area contributed by atoms with Crippen molar-refractivity contribution in [1.82, 2.24) is 4.90 Å². The van der Waals surface area contributed by atoms with Gasteiger partial charge in [-0.1, -0.05) is 6.07 Å². The van der Waals surface area contributed by atoms with Crippen LogP contribution in [0.4, 0.5) is 14.9 Å². The molecular formula is C17H24BFN2O5. The molecule has 0 aliphatic carbocycles. The molecule has 0 radical (unpaired) electrons. The first-order valence-electron chi connectivity index (χ1n) is 8.51. The lowest BCUT2D eigenvalue weighted by Gasteiger charge is -2.33. The molecule has 1 aromatic carbocycles. The first-order chi connectivity index (χ1) is 12.1. The van der Waals surface area contributed by atoms with Crippen LogP contribution in [0, 0.1) is 11.7 Å². The molecule has 7 nitrogen and oxygen atoms in total. The van der Waals surface area contributed by atoms with Gasteiger partial charge in [-0.05, 0) is 51.2 Å². The summed E-state index contributed by atoms with van der Waals surface area (Å²) in [6, 6.07) is 3.45. The van der Waals surface area contributed by atoms with Gasteiger partial charge in [0.25, 0.3) is 0 Å². The highest BCUT2D eigenvalue weighted by Gasteiger charge is 2.31. The Morgan fingerprint density at radius 2 is 2.04 bits per heavy atom. The van der Waals surface area contributed by atoms with E-state index in [1.807, 2.05) is 0 Å². The van der Waals surface area contributed by atoms with Gasteiger partial charge in [0.15, 0.2) is 0 Å². The van der Waals surface area contributed by atoms with E-state index >= 15 is 0 Å². The number of likely N-dealkylation sites (tertiary alicyclic amines) is 1. The van der Waals surface area contributed by atoms with Crippen molar-refractivity contribution in [3.05, 3.63) is 24.0 Å². The molecule has 0 unspecified atom stereocenters. The number of hydrogen-bond acceptors (Lipinski definition) is 5. The van der Waals surface area contributed by atoms with E-state index in [2.05, 4.69) is 5.32 Å². The van der Waals surface area contributed by atoms with Crippen molar-refractivity contribution in [3.8, 4) is 0 Å². The van der Waals surface area contributed by atoms with Crippen molar-refractivity contribution >= 4 is 30.3 Å². The molecule has 1 aliphatic heterocycles. The Kier molecular flexibility index (Phi) is 6.25.